The predicted molar refractivity (Wildman–Crippen MR) is 106 cm³/mol. The Labute approximate surface area is 167 Å². The second-order valence-corrected chi connectivity index (χ2v) is 10.4. The zero-order valence-electron chi connectivity index (χ0n) is 17.0. The molecule has 4 nitrogen and oxygen atoms in total. The zero-order chi connectivity index (χ0) is 20.1. The van der Waals surface area contributed by atoms with Gasteiger partial charge < -0.3 is 14.9 Å². The molecule has 0 aromatic heterocycles. The standard InChI is InChI=1S/C24H32O4/c1-13-14(2)21-17-7-5-15(6-8-20(26)27)22(17,3)12-19-24(21,28-19)23(4)10-9-16(25)11-18(13)23/h11,15,17,19-21,26-27H,1-2,5-10,12H2,3-4H3/t15?,17-,19?,21-,22+,23-,24-/m0/s1. The first kappa shape index (κ1) is 18.8. The Bertz CT molecular complexity index is 809. The molecule has 0 bridgehead atoms. The summed E-state index contributed by atoms with van der Waals surface area (Å²) in [5, 5.41) is 18.7. The molecule has 2 N–H and O–H groups in total. The normalized spacial score (nSPS) is 49.3. The minimum absolute atomic E-state index is 0.134. The van der Waals surface area contributed by atoms with Crippen molar-refractivity contribution in [3.8, 4) is 0 Å². The quantitative estimate of drug-likeness (QED) is 0.575. The highest BCUT2D eigenvalue weighted by Gasteiger charge is 2.80. The summed E-state index contributed by atoms with van der Waals surface area (Å²) in [6.45, 7) is 13.5. The number of ether oxygens (including phenoxy) is 1. The van der Waals surface area contributed by atoms with E-state index in [1.165, 1.54) is 0 Å². The molecule has 0 aromatic rings. The fourth-order valence-corrected chi connectivity index (χ4v) is 7.82. The summed E-state index contributed by atoms with van der Waals surface area (Å²) in [6, 6.07) is 0. The van der Waals surface area contributed by atoms with Crippen LogP contribution >= 0.6 is 0 Å². The lowest BCUT2D eigenvalue weighted by molar-refractivity contribution is -0.116. The second-order valence-electron chi connectivity index (χ2n) is 10.4. The number of hydrogen-bond acceptors (Lipinski definition) is 4. The summed E-state index contributed by atoms with van der Waals surface area (Å²) in [7, 11) is 0. The molecular formula is C24H32O4. The van der Waals surface area contributed by atoms with Gasteiger partial charge in [0.1, 0.15) is 5.60 Å². The van der Waals surface area contributed by atoms with E-state index in [1.54, 1.807) is 0 Å². The fourth-order valence-electron chi connectivity index (χ4n) is 7.82. The third-order valence-electron chi connectivity index (χ3n) is 9.35. The molecule has 2 unspecified atom stereocenters. The van der Waals surface area contributed by atoms with Crippen LogP contribution in [0.25, 0.3) is 0 Å². The van der Waals surface area contributed by atoms with E-state index in [-0.39, 0.29) is 34.2 Å². The molecule has 0 radical (unpaired) electrons. The predicted octanol–water partition coefficient (Wildman–Crippen LogP) is 3.69. The van der Waals surface area contributed by atoms with E-state index in [1.807, 2.05) is 6.08 Å². The molecule has 1 heterocycles. The van der Waals surface area contributed by atoms with E-state index in [0.29, 0.717) is 24.7 Å². The SMILES string of the molecule is C=C1C(=C)[C@H]2[C@@H]3CCC(CCC(O)O)[C@@]3(C)CC3O[C@@]32[C@@]2(C)CCC(=O)C=C12. The maximum absolute atomic E-state index is 12.2. The van der Waals surface area contributed by atoms with Crippen LogP contribution in [-0.2, 0) is 9.53 Å². The smallest absolute Gasteiger partial charge is 0.156 e. The molecule has 5 rings (SSSR count). The largest absolute Gasteiger partial charge is 0.368 e. The van der Waals surface area contributed by atoms with Gasteiger partial charge in [0.25, 0.3) is 0 Å². The molecule has 0 aromatic carbocycles. The number of rotatable bonds is 3. The molecule has 1 aliphatic heterocycles. The molecule has 1 spiro atoms. The van der Waals surface area contributed by atoms with Gasteiger partial charge in [-0.25, -0.2) is 0 Å². The summed E-state index contributed by atoms with van der Waals surface area (Å²) in [6.07, 6.45) is 6.78. The van der Waals surface area contributed by atoms with Crippen molar-refractivity contribution in [2.24, 2.45) is 28.6 Å². The second kappa shape index (κ2) is 5.68. The van der Waals surface area contributed by atoms with Gasteiger partial charge in [-0.05, 0) is 78.6 Å². The average Bonchev–Trinajstić information content (AvgIpc) is 3.26. The number of hydrogen-bond donors (Lipinski definition) is 2. The molecule has 4 fully saturated rings. The van der Waals surface area contributed by atoms with Crippen molar-refractivity contribution in [3.05, 3.63) is 36.0 Å². The van der Waals surface area contributed by atoms with Crippen molar-refractivity contribution >= 4 is 5.78 Å². The Morgan fingerprint density at radius 1 is 1.29 bits per heavy atom. The molecule has 7 atom stereocenters. The third kappa shape index (κ3) is 2.09. The van der Waals surface area contributed by atoms with Gasteiger partial charge >= 0.3 is 0 Å². The van der Waals surface area contributed by atoms with E-state index < -0.39 is 6.29 Å². The van der Waals surface area contributed by atoms with Crippen LogP contribution in [0.1, 0.15) is 58.8 Å². The van der Waals surface area contributed by atoms with E-state index in [4.69, 9.17) is 4.74 Å². The Morgan fingerprint density at radius 2 is 2.04 bits per heavy atom. The summed E-state index contributed by atoms with van der Waals surface area (Å²) >= 11 is 0. The number of allylic oxidation sites excluding steroid dienone is 1. The molecule has 0 amide bonds. The number of ketones is 1. The molecule has 4 aliphatic carbocycles. The summed E-state index contributed by atoms with van der Waals surface area (Å²) in [5.41, 5.74) is 2.84. The maximum atomic E-state index is 12.2. The van der Waals surface area contributed by atoms with Gasteiger partial charge in [-0.15, -0.1) is 0 Å². The number of fused-ring (bicyclic) bond motifs is 3. The van der Waals surface area contributed by atoms with Gasteiger partial charge in [0.2, 0.25) is 0 Å². The van der Waals surface area contributed by atoms with Crippen molar-refractivity contribution in [2.45, 2.75) is 76.8 Å². The van der Waals surface area contributed by atoms with Crippen LogP contribution in [0.5, 0.6) is 0 Å². The number of carbonyl (C=O) groups excluding carboxylic acids is 1. The van der Waals surface area contributed by atoms with Crippen LogP contribution in [0, 0.1) is 28.6 Å². The first-order valence-corrected chi connectivity index (χ1v) is 10.8. The van der Waals surface area contributed by atoms with Crippen molar-refractivity contribution < 1.29 is 19.7 Å². The lowest BCUT2D eigenvalue weighted by atomic mass is 9.44. The van der Waals surface area contributed by atoms with Gasteiger partial charge in [-0.1, -0.05) is 27.0 Å². The zero-order valence-corrected chi connectivity index (χ0v) is 17.0. The van der Waals surface area contributed by atoms with Gasteiger partial charge in [0, 0.05) is 17.8 Å². The Kier molecular flexibility index (Phi) is 3.81. The fraction of sp³-hybridized carbons (Fsp3) is 0.708. The number of carbonyl (C=O) groups is 1. The van der Waals surface area contributed by atoms with E-state index >= 15 is 0 Å². The minimum Gasteiger partial charge on any atom is -0.368 e. The van der Waals surface area contributed by atoms with E-state index in [2.05, 4.69) is 27.0 Å². The van der Waals surface area contributed by atoms with E-state index in [0.717, 1.165) is 48.8 Å². The molecule has 4 heteroatoms. The summed E-state index contributed by atoms with van der Waals surface area (Å²) in [4.78, 5) is 12.2. The highest BCUT2D eigenvalue weighted by molar-refractivity contribution is 5.93. The lowest BCUT2D eigenvalue weighted by Gasteiger charge is -2.57. The van der Waals surface area contributed by atoms with Crippen LogP contribution in [0.4, 0.5) is 0 Å². The average molecular weight is 385 g/mol. The molecular weight excluding hydrogens is 352 g/mol. The summed E-state index contributed by atoms with van der Waals surface area (Å²) in [5.74, 6) is 1.41. The molecule has 28 heavy (non-hydrogen) atoms. The van der Waals surface area contributed by atoms with Crippen molar-refractivity contribution in [2.75, 3.05) is 0 Å². The van der Waals surface area contributed by atoms with Crippen LogP contribution in [0.15, 0.2) is 36.0 Å². The first-order chi connectivity index (χ1) is 13.1. The molecule has 1 saturated heterocycles. The lowest BCUT2D eigenvalue weighted by Crippen LogP contribution is -2.58. The Balaban J connectivity index is 1.55. The van der Waals surface area contributed by atoms with Gasteiger partial charge in [-0.3, -0.25) is 4.79 Å². The topological polar surface area (TPSA) is 70.1 Å². The van der Waals surface area contributed by atoms with Crippen LogP contribution in [-0.4, -0.2) is 34.0 Å². The highest BCUT2D eigenvalue weighted by atomic mass is 16.6. The highest BCUT2D eigenvalue weighted by Crippen LogP contribution is 2.77. The van der Waals surface area contributed by atoms with Crippen LogP contribution in [0.2, 0.25) is 0 Å². The van der Waals surface area contributed by atoms with Gasteiger partial charge in [0.05, 0.1) is 6.10 Å². The number of epoxide rings is 1. The Hall–Kier alpha value is -1.23. The van der Waals surface area contributed by atoms with Crippen LogP contribution in [0.3, 0.4) is 0 Å². The van der Waals surface area contributed by atoms with Crippen molar-refractivity contribution in [3.63, 3.8) is 0 Å². The van der Waals surface area contributed by atoms with Gasteiger partial charge in [-0.2, -0.15) is 0 Å². The number of aliphatic hydroxyl groups is 2. The Morgan fingerprint density at radius 3 is 2.75 bits per heavy atom. The number of aliphatic hydroxyl groups excluding tert-OH is 1. The third-order valence-corrected chi connectivity index (χ3v) is 9.35. The molecule has 5 aliphatic rings. The monoisotopic (exact) mass is 384 g/mol. The maximum Gasteiger partial charge on any atom is 0.156 e. The first-order valence-electron chi connectivity index (χ1n) is 10.8. The van der Waals surface area contributed by atoms with Crippen molar-refractivity contribution in [1.82, 2.24) is 0 Å². The van der Waals surface area contributed by atoms with Gasteiger partial charge in [0.15, 0.2) is 12.1 Å². The summed E-state index contributed by atoms with van der Waals surface area (Å²) < 4.78 is 6.62. The molecule has 152 valence electrons. The van der Waals surface area contributed by atoms with E-state index in [9.17, 15) is 15.0 Å². The van der Waals surface area contributed by atoms with Crippen LogP contribution < -0.4 is 0 Å². The van der Waals surface area contributed by atoms with Crippen molar-refractivity contribution in [1.29, 1.82) is 0 Å². The molecule has 3 saturated carbocycles. The minimum atomic E-state index is -1.22.